The van der Waals surface area contributed by atoms with Gasteiger partial charge in [0.2, 0.25) is 0 Å². The largest absolute Gasteiger partial charge is 0.424 e. The highest BCUT2D eigenvalue weighted by molar-refractivity contribution is 6.39. The second-order valence-electron chi connectivity index (χ2n) is 5.97. The highest BCUT2D eigenvalue weighted by Gasteiger charge is 2.17. The number of benzene rings is 2. The average Bonchev–Trinajstić information content (AvgIpc) is 2.60. The van der Waals surface area contributed by atoms with Gasteiger partial charge in [0, 0.05) is 6.04 Å². The Morgan fingerprint density at radius 1 is 1.08 bits per heavy atom. The minimum absolute atomic E-state index is 0.121. The van der Waals surface area contributed by atoms with Crippen LogP contribution >= 0.6 is 23.2 Å². The number of halogens is 2. The van der Waals surface area contributed by atoms with Crippen LogP contribution in [0.4, 0.5) is 11.4 Å². The van der Waals surface area contributed by atoms with Gasteiger partial charge < -0.3 is 15.0 Å². The Morgan fingerprint density at radius 3 is 2.31 bits per heavy atom. The van der Waals surface area contributed by atoms with Crippen molar-refractivity contribution >= 4 is 40.5 Å². The van der Waals surface area contributed by atoms with Crippen LogP contribution in [0.25, 0.3) is 0 Å². The van der Waals surface area contributed by atoms with Gasteiger partial charge in [-0.25, -0.2) is 0 Å². The highest BCUT2D eigenvalue weighted by atomic mass is 35.5. The zero-order valence-corrected chi connectivity index (χ0v) is 16.8. The Labute approximate surface area is 165 Å². The lowest BCUT2D eigenvalue weighted by Gasteiger charge is -2.25. The van der Waals surface area contributed by atoms with Gasteiger partial charge in [-0.15, -0.1) is 0 Å². The van der Waals surface area contributed by atoms with Gasteiger partial charge in [-0.3, -0.25) is 4.79 Å². The number of hydrogen-bond donors (Lipinski definition) is 1. The van der Waals surface area contributed by atoms with Gasteiger partial charge in [0.1, 0.15) is 0 Å². The molecule has 0 aromatic heterocycles. The first-order valence-corrected chi connectivity index (χ1v) is 9.46. The normalized spacial score (nSPS) is 12.1. The van der Waals surface area contributed by atoms with Crippen molar-refractivity contribution in [2.45, 2.75) is 33.2 Å². The second-order valence-corrected chi connectivity index (χ2v) is 6.78. The van der Waals surface area contributed by atoms with E-state index in [1.807, 2.05) is 25.1 Å². The van der Waals surface area contributed by atoms with Crippen molar-refractivity contribution in [2.75, 3.05) is 18.4 Å². The van der Waals surface area contributed by atoms with E-state index in [0.29, 0.717) is 33.6 Å². The Kier molecular flexibility index (Phi) is 7.76. The summed E-state index contributed by atoms with van der Waals surface area (Å²) in [5, 5.41) is 4.15. The van der Waals surface area contributed by atoms with Crippen LogP contribution in [-0.2, 0) is 4.79 Å². The molecule has 0 saturated carbocycles. The van der Waals surface area contributed by atoms with Crippen molar-refractivity contribution in [1.82, 2.24) is 4.90 Å². The van der Waals surface area contributed by atoms with Crippen LogP contribution in [0.5, 0.6) is 5.75 Å². The minimum Gasteiger partial charge on any atom is -0.424 e. The van der Waals surface area contributed by atoms with Gasteiger partial charge in [-0.1, -0.05) is 55.2 Å². The third-order valence-electron chi connectivity index (χ3n) is 4.23. The third-order valence-corrected chi connectivity index (χ3v) is 4.86. The van der Waals surface area contributed by atoms with Gasteiger partial charge in [0.25, 0.3) is 0 Å². The molecule has 0 heterocycles. The fourth-order valence-corrected chi connectivity index (χ4v) is 3.28. The molecule has 1 unspecified atom stereocenters. The average molecular weight is 395 g/mol. The fraction of sp³-hybridized carbons (Fsp3) is 0.350. The Bertz CT molecular complexity index is 728. The smallest absolute Gasteiger partial charge is 0.312 e. The second kappa shape index (κ2) is 9.81. The molecule has 0 amide bonds. The number of anilines is 2. The van der Waals surface area contributed by atoms with E-state index in [2.05, 4.69) is 24.1 Å². The summed E-state index contributed by atoms with van der Waals surface area (Å²) in [6.45, 7) is 7.99. The summed E-state index contributed by atoms with van der Waals surface area (Å²) in [5.74, 6) is 0.170. The van der Waals surface area contributed by atoms with Crippen molar-refractivity contribution in [1.29, 1.82) is 0 Å². The molecule has 0 saturated heterocycles. The summed E-state index contributed by atoms with van der Waals surface area (Å²) in [6, 6.07) is 12.6. The van der Waals surface area contributed by atoms with Crippen molar-refractivity contribution in [3.63, 3.8) is 0 Å². The zero-order chi connectivity index (χ0) is 19.1. The molecule has 0 fully saturated rings. The molecular weight excluding hydrogens is 371 g/mol. The van der Waals surface area contributed by atoms with Crippen LogP contribution in [0.15, 0.2) is 42.5 Å². The van der Waals surface area contributed by atoms with Gasteiger partial charge in [-0.2, -0.15) is 0 Å². The van der Waals surface area contributed by atoms with Crippen LogP contribution in [0.2, 0.25) is 10.0 Å². The van der Waals surface area contributed by atoms with Crippen LogP contribution in [0.3, 0.4) is 0 Å². The topological polar surface area (TPSA) is 41.6 Å². The van der Waals surface area contributed by atoms with Gasteiger partial charge in [0.05, 0.1) is 27.8 Å². The zero-order valence-electron chi connectivity index (χ0n) is 15.3. The maximum absolute atomic E-state index is 12.4. The molecule has 2 rings (SSSR count). The first-order chi connectivity index (χ1) is 12.5. The first-order valence-electron chi connectivity index (χ1n) is 8.71. The van der Waals surface area contributed by atoms with Crippen LogP contribution in [0, 0.1) is 0 Å². The Balaban J connectivity index is 2.13. The molecule has 0 radical (unpaired) electrons. The standard InChI is InChI=1S/C20H24Cl2N2O2/c1-4-24(5-2)14(3)13-19(25)26-18-12-7-6-11-17(18)23-20-15(21)9-8-10-16(20)22/h6-12,14,23H,4-5,13H2,1-3H3. The fourth-order valence-electron chi connectivity index (χ4n) is 2.79. The molecule has 140 valence electrons. The summed E-state index contributed by atoms with van der Waals surface area (Å²) in [7, 11) is 0. The van der Waals surface area contributed by atoms with Crippen molar-refractivity contribution in [3.8, 4) is 5.75 Å². The van der Waals surface area contributed by atoms with Gasteiger partial charge >= 0.3 is 5.97 Å². The number of ether oxygens (including phenoxy) is 1. The van der Waals surface area contributed by atoms with Crippen LogP contribution in [-0.4, -0.2) is 30.0 Å². The van der Waals surface area contributed by atoms with Crippen LogP contribution in [0.1, 0.15) is 27.2 Å². The summed E-state index contributed by atoms with van der Waals surface area (Å²) >= 11 is 12.4. The van der Waals surface area contributed by atoms with E-state index in [0.717, 1.165) is 13.1 Å². The molecule has 2 aromatic rings. The monoisotopic (exact) mass is 394 g/mol. The van der Waals surface area contributed by atoms with Gasteiger partial charge in [0.15, 0.2) is 5.75 Å². The third kappa shape index (κ3) is 5.37. The molecular formula is C20H24Cl2N2O2. The lowest BCUT2D eigenvalue weighted by molar-refractivity contribution is -0.135. The van der Waals surface area contributed by atoms with Crippen molar-refractivity contribution in [3.05, 3.63) is 52.5 Å². The Morgan fingerprint density at radius 2 is 1.69 bits per heavy atom. The molecule has 4 nitrogen and oxygen atoms in total. The van der Waals surface area contributed by atoms with E-state index in [1.54, 1.807) is 24.3 Å². The number of nitrogens with zero attached hydrogens (tertiary/aromatic N) is 1. The number of hydrogen-bond acceptors (Lipinski definition) is 4. The minimum atomic E-state index is -0.274. The maximum Gasteiger partial charge on any atom is 0.312 e. The summed E-state index contributed by atoms with van der Waals surface area (Å²) in [4.78, 5) is 14.6. The molecule has 1 atom stereocenters. The van der Waals surface area contributed by atoms with E-state index in [-0.39, 0.29) is 12.0 Å². The SMILES string of the molecule is CCN(CC)C(C)CC(=O)Oc1ccccc1Nc1c(Cl)cccc1Cl. The molecule has 0 aliphatic carbocycles. The maximum atomic E-state index is 12.4. The van der Waals surface area contributed by atoms with E-state index < -0.39 is 0 Å². The number of esters is 1. The molecule has 1 N–H and O–H groups in total. The number of rotatable bonds is 8. The molecule has 2 aromatic carbocycles. The molecule has 0 spiro atoms. The molecule has 6 heteroatoms. The summed E-state index contributed by atoms with van der Waals surface area (Å²) < 4.78 is 5.59. The predicted molar refractivity (Wildman–Crippen MR) is 109 cm³/mol. The van der Waals surface area contributed by atoms with Crippen molar-refractivity contribution in [2.24, 2.45) is 0 Å². The quantitative estimate of drug-likeness (QED) is 0.456. The predicted octanol–water partition coefficient (Wildman–Crippen LogP) is 5.76. The van der Waals surface area contributed by atoms with E-state index in [4.69, 9.17) is 27.9 Å². The molecule has 26 heavy (non-hydrogen) atoms. The summed E-state index contributed by atoms with van der Waals surface area (Å²) in [6.07, 6.45) is 0.322. The lowest BCUT2D eigenvalue weighted by Crippen LogP contribution is -2.35. The number of nitrogens with one attached hydrogen (secondary N) is 1. The van der Waals surface area contributed by atoms with Crippen LogP contribution < -0.4 is 10.1 Å². The van der Waals surface area contributed by atoms with E-state index >= 15 is 0 Å². The Hall–Kier alpha value is -1.75. The van der Waals surface area contributed by atoms with Crippen molar-refractivity contribution < 1.29 is 9.53 Å². The highest BCUT2D eigenvalue weighted by Crippen LogP contribution is 2.35. The van der Waals surface area contributed by atoms with E-state index in [9.17, 15) is 4.79 Å². The number of para-hydroxylation sites is 3. The molecule has 0 bridgehead atoms. The molecule has 0 aliphatic heterocycles. The number of carbonyl (C=O) groups excluding carboxylic acids is 1. The van der Waals surface area contributed by atoms with E-state index in [1.165, 1.54) is 0 Å². The molecule has 0 aliphatic rings. The first kappa shape index (κ1) is 20.6. The van der Waals surface area contributed by atoms with Gasteiger partial charge in [-0.05, 0) is 44.3 Å². The lowest BCUT2D eigenvalue weighted by atomic mass is 10.2. The number of carbonyl (C=O) groups is 1. The summed E-state index contributed by atoms with van der Waals surface area (Å²) in [5.41, 5.74) is 1.21.